The Morgan fingerprint density at radius 1 is 1.42 bits per heavy atom. The number of benzene rings is 1. The quantitative estimate of drug-likeness (QED) is 0.904. The van der Waals surface area contributed by atoms with Crippen molar-refractivity contribution in [3.63, 3.8) is 0 Å². The first-order valence-corrected chi connectivity index (χ1v) is 8.79. The van der Waals surface area contributed by atoms with Crippen molar-refractivity contribution >= 4 is 17.2 Å². The Labute approximate surface area is 146 Å². The van der Waals surface area contributed by atoms with Crippen LogP contribution in [-0.4, -0.2) is 37.6 Å². The smallest absolute Gasteiger partial charge is 0.218 e. The van der Waals surface area contributed by atoms with Crippen molar-refractivity contribution in [3.8, 4) is 21.9 Å². The fourth-order valence-corrected chi connectivity index (χ4v) is 3.74. The van der Waals surface area contributed by atoms with Crippen LogP contribution in [0, 0.1) is 6.92 Å². The van der Waals surface area contributed by atoms with E-state index >= 15 is 0 Å². The molecule has 2 heterocycles. The van der Waals surface area contributed by atoms with Crippen LogP contribution < -0.4 is 15.2 Å². The fourth-order valence-electron chi connectivity index (χ4n) is 2.88. The number of rotatable bonds is 5. The van der Waals surface area contributed by atoms with Gasteiger partial charge in [0.1, 0.15) is 6.61 Å². The van der Waals surface area contributed by atoms with Crippen LogP contribution in [-0.2, 0) is 11.3 Å². The molecule has 0 fully saturated rings. The molecule has 5 nitrogen and oxygen atoms in total. The first-order valence-electron chi connectivity index (χ1n) is 7.98. The van der Waals surface area contributed by atoms with Crippen molar-refractivity contribution in [3.05, 3.63) is 34.7 Å². The number of nitrogens with two attached hydrogens (primary N) is 1. The predicted molar refractivity (Wildman–Crippen MR) is 95.6 cm³/mol. The Balaban J connectivity index is 1.93. The van der Waals surface area contributed by atoms with Crippen LogP contribution in [0.15, 0.2) is 24.3 Å². The highest BCUT2D eigenvalue weighted by molar-refractivity contribution is 7.15. The zero-order chi connectivity index (χ0) is 17.1. The molecule has 24 heavy (non-hydrogen) atoms. The topological polar surface area (TPSA) is 64.8 Å². The van der Waals surface area contributed by atoms with E-state index in [1.54, 1.807) is 18.4 Å². The van der Waals surface area contributed by atoms with Crippen molar-refractivity contribution in [1.29, 1.82) is 0 Å². The van der Waals surface area contributed by atoms with Crippen LogP contribution >= 0.6 is 11.3 Å². The minimum absolute atomic E-state index is 0.277. The maximum absolute atomic E-state index is 11.1. The van der Waals surface area contributed by atoms with Gasteiger partial charge in [0.2, 0.25) is 5.91 Å². The Bertz CT molecular complexity index is 742. The lowest BCUT2D eigenvalue weighted by atomic mass is 10.1. The molecular formula is C18H22N2O3S. The molecule has 6 heteroatoms. The molecule has 2 aromatic rings. The molecule has 2 N–H and O–H groups in total. The molecule has 1 aromatic carbocycles. The van der Waals surface area contributed by atoms with E-state index in [0.29, 0.717) is 19.6 Å². The van der Waals surface area contributed by atoms with Gasteiger partial charge >= 0.3 is 0 Å². The first-order chi connectivity index (χ1) is 11.6. The van der Waals surface area contributed by atoms with E-state index in [2.05, 4.69) is 30.0 Å². The lowest BCUT2D eigenvalue weighted by Crippen LogP contribution is -2.29. The third kappa shape index (κ3) is 3.71. The van der Waals surface area contributed by atoms with Crippen molar-refractivity contribution < 1.29 is 14.3 Å². The molecule has 0 radical (unpaired) electrons. The van der Waals surface area contributed by atoms with Gasteiger partial charge in [-0.1, -0.05) is 0 Å². The predicted octanol–water partition coefficient (Wildman–Crippen LogP) is 2.80. The highest BCUT2D eigenvalue weighted by Crippen LogP contribution is 2.39. The molecule has 1 aliphatic rings. The molecule has 0 aliphatic carbocycles. The highest BCUT2D eigenvalue weighted by Gasteiger charge is 2.21. The minimum atomic E-state index is -0.277. The zero-order valence-electron chi connectivity index (χ0n) is 14.0. The largest absolute Gasteiger partial charge is 0.493 e. The third-order valence-electron chi connectivity index (χ3n) is 4.10. The van der Waals surface area contributed by atoms with Crippen LogP contribution in [0.1, 0.15) is 16.9 Å². The Hall–Kier alpha value is -2.05. The summed E-state index contributed by atoms with van der Waals surface area (Å²) in [4.78, 5) is 15.7. The molecule has 1 amide bonds. The SMILES string of the molecule is COc1cc(-c2ccc(C)s2)cc2c1OCCN(CCC(N)=O)C2. The number of methoxy groups -OCH3 is 1. The van der Waals surface area contributed by atoms with Gasteiger partial charge in [0.25, 0.3) is 0 Å². The molecule has 0 spiro atoms. The summed E-state index contributed by atoms with van der Waals surface area (Å²) in [6.45, 7) is 4.79. The van der Waals surface area contributed by atoms with Gasteiger partial charge in [-0.05, 0) is 36.8 Å². The molecule has 0 unspecified atom stereocenters. The number of carbonyl (C=O) groups is 1. The second-order valence-corrected chi connectivity index (χ2v) is 7.21. The summed E-state index contributed by atoms with van der Waals surface area (Å²) in [5, 5.41) is 0. The maximum Gasteiger partial charge on any atom is 0.218 e. The molecule has 0 atom stereocenters. The third-order valence-corrected chi connectivity index (χ3v) is 5.15. The van der Waals surface area contributed by atoms with Gasteiger partial charge in [0, 0.05) is 41.4 Å². The van der Waals surface area contributed by atoms with Crippen molar-refractivity contribution in [2.24, 2.45) is 5.73 Å². The summed E-state index contributed by atoms with van der Waals surface area (Å²) in [5.74, 6) is 1.28. The summed E-state index contributed by atoms with van der Waals surface area (Å²) in [7, 11) is 1.66. The van der Waals surface area contributed by atoms with Crippen LogP contribution in [0.2, 0.25) is 0 Å². The van der Waals surface area contributed by atoms with Gasteiger partial charge in [0.15, 0.2) is 11.5 Å². The second kappa shape index (κ2) is 7.23. The van der Waals surface area contributed by atoms with Gasteiger partial charge in [-0.25, -0.2) is 0 Å². The average molecular weight is 346 g/mol. The monoisotopic (exact) mass is 346 g/mol. The summed E-state index contributed by atoms with van der Waals surface area (Å²) in [5.41, 5.74) is 7.49. The van der Waals surface area contributed by atoms with Crippen LogP contribution in [0.5, 0.6) is 11.5 Å². The number of aryl methyl sites for hydroxylation is 1. The number of amides is 1. The van der Waals surface area contributed by atoms with Crippen LogP contribution in [0.4, 0.5) is 0 Å². The molecule has 1 aliphatic heterocycles. The number of fused-ring (bicyclic) bond motifs is 1. The van der Waals surface area contributed by atoms with Crippen molar-refractivity contribution in [2.45, 2.75) is 19.9 Å². The van der Waals surface area contributed by atoms with E-state index in [1.165, 1.54) is 9.75 Å². The van der Waals surface area contributed by atoms with E-state index in [4.69, 9.17) is 15.2 Å². The number of primary amides is 1. The Morgan fingerprint density at radius 2 is 2.25 bits per heavy atom. The van der Waals surface area contributed by atoms with Crippen LogP contribution in [0.3, 0.4) is 0 Å². The normalized spacial score (nSPS) is 14.6. The Morgan fingerprint density at radius 3 is 2.92 bits per heavy atom. The second-order valence-electron chi connectivity index (χ2n) is 5.92. The summed E-state index contributed by atoms with van der Waals surface area (Å²) in [6, 6.07) is 8.44. The minimum Gasteiger partial charge on any atom is -0.493 e. The number of carbonyl (C=O) groups excluding carboxylic acids is 1. The maximum atomic E-state index is 11.1. The number of hydrogen-bond acceptors (Lipinski definition) is 5. The van der Waals surface area contributed by atoms with Crippen molar-refractivity contribution in [1.82, 2.24) is 4.90 Å². The number of thiophene rings is 1. The zero-order valence-corrected chi connectivity index (χ0v) is 14.8. The molecule has 3 rings (SSSR count). The van der Waals surface area contributed by atoms with Gasteiger partial charge < -0.3 is 15.2 Å². The molecule has 0 saturated heterocycles. The van der Waals surface area contributed by atoms with Crippen LogP contribution in [0.25, 0.3) is 10.4 Å². The summed E-state index contributed by atoms with van der Waals surface area (Å²) < 4.78 is 11.5. The lowest BCUT2D eigenvalue weighted by Gasteiger charge is -2.18. The molecule has 0 saturated carbocycles. The lowest BCUT2D eigenvalue weighted by molar-refractivity contribution is -0.118. The number of ether oxygens (including phenoxy) is 2. The van der Waals surface area contributed by atoms with E-state index in [9.17, 15) is 4.79 Å². The number of nitrogens with zero attached hydrogens (tertiary/aromatic N) is 1. The van der Waals surface area contributed by atoms with Gasteiger partial charge in [-0.15, -0.1) is 11.3 Å². The summed E-state index contributed by atoms with van der Waals surface area (Å²) in [6.07, 6.45) is 0.357. The fraction of sp³-hybridized carbons (Fsp3) is 0.389. The van der Waals surface area contributed by atoms with E-state index in [1.807, 2.05) is 6.07 Å². The molecule has 1 aromatic heterocycles. The molecular weight excluding hydrogens is 324 g/mol. The van der Waals surface area contributed by atoms with Crippen molar-refractivity contribution in [2.75, 3.05) is 26.8 Å². The van der Waals surface area contributed by atoms with E-state index < -0.39 is 0 Å². The first kappa shape index (κ1) is 16.8. The van der Waals surface area contributed by atoms with Gasteiger partial charge in [0.05, 0.1) is 7.11 Å². The van der Waals surface area contributed by atoms with Gasteiger partial charge in [-0.2, -0.15) is 0 Å². The Kier molecular flexibility index (Phi) is 5.06. The standard InChI is InChI=1S/C18H22N2O3S/c1-12-3-4-16(24-12)13-9-14-11-20(6-5-17(19)21)7-8-23-18(14)15(10-13)22-2/h3-4,9-10H,5-8,11H2,1-2H3,(H2,19,21). The molecule has 128 valence electrons. The highest BCUT2D eigenvalue weighted by atomic mass is 32.1. The number of hydrogen-bond donors (Lipinski definition) is 1. The molecule has 0 bridgehead atoms. The van der Waals surface area contributed by atoms with E-state index in [-0.39, 0.29) is 5.91 Å². The average Bonchev–Trinajstić information content (AvgIpc) is 2.88. The van der Waals surface area contributed by atoms with E-state index in [0.717, 1.165) is 35.7 Å². The van der Waals surface area contributed by atoms with Gasteiger partial charge in [-0.3, -0.25) is 9.69 Å². The summed E-state index contributed by atoms with van der Waals surface area (Å²) >= 11 is 1.76.